The second-order valence-electron chi connectivity index (χ2n) is 25.2. The summed E-state index contributed by atoms with van der Waals surface area (Å²) in [5.41, 5.74) is 14.5. The Morgan fingerprint density at radius 1 is 0.791 bits per heavy atom. The standard InChI is InChI=1S/C68H88N10O12S/c1-65(2,3)36-23-38-71-60(80)46-87-42-43-88-61(75-76-69)47-89-50-27-21-24-48(44-50)62(81)72-39-40-73-63(82)54(74-64(83)90-66(4,5)6)29-18-19-37-70-59(79)33-15-12-20-41-77-55-35-34-51(91(84,85)86)45-53(55)68(9,10)57(77)31-22-32-58-67(7,8)52-28-16-17-30-56(52)78(58)49-25-13-11-14-26-49/h11,13-14,16-17,21-22,24-28,30-32,34-35,44-45,54,61H,12,15,18-20,29,33,37-43,46-47H2,1-10H3,(H5-,70,71,72,73,74,79,80,81,82,83,84,85,86)/p+1. The van der Waals surface area contributed by atoms with Gasteiger partial charge in [0.1, 0.15) is 37.2 Å². The molecule has 6 rings (SSSR count). The summed E-state index contributed by atoms with van der Waals surface area (Å²) in [6, 6.07) is 28.7. The number of azide groups is 1. The molecule has 0 radical (unpaired) electrons. The number of carbonyl (C=O) groups excluding carboxylic acids is 5. The zero-order valence-corrected chi connectivity index (χ0v) is 54.8. The second kappa shape index (κ2) is 33.0. The summed E-state index contributed by atoms with van der Waals surface area (Å²) in [5, 5.41) is 17.4. The lowest BCUT2D eigenvalue weighted by Crippen LogP contribution is -2.49. The van der Waals surface area contributed by atoms with Gasteiger partial charge < -0.3 is 50.4 Å². The number of benzene rings is 4. The fraction of sp³-hybridized carbons (Fsp3) is 0.471. The molecule has 23 heteroatoms. The van der Waals surface area contributed by atoms with E-state index in [9.17, 15) is 36.9 Å². The van der Waals surface area contributed by atoms with E-state index in [1.165, 1.54) is 17.7 Å². The summed E-state index contributed by atoms with van der Waals surface area (Å²) in [6.07, 6.45) is 8.13. The molecule has 6 N–H and O–H groups in total. The number of para-hydroxylation sites is 2. The molecule has 4 aromatic rings. The van der Waals surface area contributed by atoms with Crippen LogP contribution in [-0.2, 0) is 49.5 Å². The fourth-order valence-electron chi connectivity index (χ4n) is 10.5. The van der Waals surface area contributed by atoms with E-state index in [1.807, 2.05) is 58.9 Å². The van der Waals surface area contributed by atoms with Gasteiger partial charge in [0.2, 0.25) is 23.4 Å². The quantitative estimate of drug-likeness (QED) is 0.00505. The number of nitrogens with one attached hydrogen (secondary N) is 5. The molecule has 5 amide bonds. The highest BCUT2D eigenvalue weighted by Gasteiger charge is 2.45. The Balaban J connectivity index is 0.947. The molecule has 0 saturated carbocycles. The number of anilines is 2. The van der Waals surface area contributed by atoms with Gasteiger partial charge in [-0.25, -0.2) is 4.79 Å². The zero-order valence-electron chi connectivity index (χ0n) is 54.0. The Bertz CT molecular complexity index is 3540. The number of carbonyl (C=O) groups is 5. The van der Waals surface area contributed by atoms with E-state index in [0.29, 0.717) is 44.5 Å². The number of nitrogens with zero attached hydrogens (tertiary/aromatic N) is 5. The van der Waals surface area contributed by atoms with Crippen LogP contribution in [0.4, 0.5) is 21.9 Å². The third-order valence-corrected chi connectivity index (χ3v) is 15.8. The second-order valence-corrected chi connectivity index (χ2v) is 26.6. The molecule has 0 saturated heterocycles. The summed E-state index contributed by atoms with van der Waals surface area (Å²) in [4.78, 5) is 69.5. The first kappa shape index (κ1) is 71.6. The van der Waals surface area contributed by atoms with E-state index < -0.39 is 51.3 Å². The average molecular weight is 1270 g/mol. The molecule has 91 heavy (non-hydrogen) atoms. The number of unbranched alkanes of at least 4 members (excludes halogenated alkanes) is 3. The van der Waals surface area contributed by atoms with Crippen molar-refractivity contribution in [3.05, 3.63) is 148 Å². The van der Waals surface area contributed by atoms with Crippen LogP contribution in [0.3, 0.4) is 0 Å². The van der Waals surface area contributed by atoms with E-state index in [-0.39, 0.29) is 85.6 Å². The number of rotatable bonds is 32. The van der Waals surface area contributed by atoms with E-state index in [1.54, 1.807) is 51.1 Å². The molecule has 2 aliphatic rings. The maximum absolute atomic E-state index is 13.5. The van der Waals surface area contributed by atoms with Crippen LogP contribution < -0.4 is 36.2 Å². The van der Waals surface area contributed by atoms with Gasteiger partial charge in [-0.2, -0.15) is 13.0 Å². The first-order valence-corrected chi connectivity index (χ1v) is 32.2. The van der Waals surface area contributed by atoms with Gasteiger partial charge in [0, 0.05) is 88.6 Å². The predicted octanol–water partition coefficient (Wildman–Crippen LogP) is 10.4. The topological polar surface area (TPSA) is 292 Å². The lowest BCUT2D eigenvalue weighted by Gasteiger charge is -2.27. The molecular formula is C68H89N10O12S+. The van der Waals surface area contributed by atoms with Crippen LogP contribution in [0.5, 0.6) is 5.75 Å². The lowest BCUT2D eigenvalue weighted by atomic mass is 9.81. The molecule has 22 nitrogen and oxygen atoms in total. The minimum absolute atomic E-state index is 0.00380. The summed E-state index contributed by atoms with van der Waals surface area (Å²) in [5.74, 6) is 4.83. The molecule has 4 aromatic carbocycles. The minimum Gasteiger partial charge on any atom is -0.491 e. The molecule has 2 atom stereocenters. The number of hydrogen-bond acceptors (Lipinski definition) is 13. The maximum atomic E-state index is 13.5. The first-order chi connectivity index (χ1) is 43.1. The normalized spacial score (nSPS) is 15.1. The third-order valence-electron chi connectivity index (χ3n) is 14.9. The maximum Gasteiger partial charge on any atom is 0.408 e. The highest BCUT2D eigenvalue weighted by molar-refractivity contribution is 7.85. The van der Waals surface area contributed by atoms with Crippen molar-refractivity contribution in [2.45, 2.75) is 148 Å². The van der Waals surface area contributed by atoms with Crippen LogP contribution in [0.15, 0.2) is 131 Å². The van der Waals surface area contributed by atoms with Gasteiger partial charge >= 0.3 is 6.09 Å². The third kappa shape index (κ3) is 21.9. The molecule has 0 bridgehead atoms. The highest BCUT2D eigenvalue weighted by atomic mass is 32.2. The van der Waals surface area contributed by atoms with Crippen molar-refractivity contribution < 1.29 is 60.5 Å². The van der Waals surface area contributed by atoms with Gasteiger partial charge in [-0.15, -0.1) is 0 Å². The Morgan fingerprint density at radius 3 is 2.25 bits per heavy atom. The Morgan fingerprint density at radius 2 is 1.53 bits per heavy atom. The van der Waals surface area contributed by atoms with Gasteiger partial charge in [0.05, 0.1) is 30.1 Å². The van der Waals surface area contributed by atoms with Gasteiger partial charge in [-0.1, -0.05) is 79.3 Å². The highest BCUT2D eigenvalue weighted by Crippen LogP contribution is 2.51. The van der Waals surface area contributed by atoms with Crippen LogP contribution in [0, 0.1) is 17.3 Å². The van der Waals surface area contributed by atoms with Crippen molar-refractivity contribution in [3.63, 3.8) is 0 Å². The van der Waals surface area contributed by atoms with Crippen molar-refractivity contribution in [2.75, 3.05) is 64.1 Å². The molecule has 0 aromatic heterocycles. The molecule has 2 aliphatic heterocycles. The summed E-state index contributed by atoms with van der Waals surface area (Å²) in [6.45, 7) is 20.5. The summed E-state index contributed by atoms with van der Waals surface area (Å²) >= 11 is 0. The van der Waals surface area contributed by atoms with Crippen LogP contribution in [0.1, 0.15) is 136 Å². The Kier molecular flexibility index (Phi) is 25.9. The SMILES string of the molecule is CC(C)(C)C#CCNC(=O)COCCOC(COc1cccc(C(=O)NCCNC(=O)C(CCCCNC(=O)CCCCC[N+]2=C(/C=C/C=C3/N(c4ccccc4)c4ccccc4C3(C)C)C(C)(C)c3cc(S(=O)(=O)O)ccc32)NC(=O)OC(C)(C)C)c1)N=[N+]=[N-]. The molecule has 0 fully saturated rings. The van der Waals surface area contributed by atoms with Crippen LogP contribution in [-0.4, -0.2) is 130 Å². The van der Waals surface area contributed by atoms with Crippen molar-refractivity contribution in [2.24, 2.45) is 10.5 Å². The van der Waals surface area contributed by atoms with Gasteiger partial charge in [-0.05, 0) is 153 Å². The van der Waals surface area contributed by atoms with Crippen molar-refractivity contribution in [3.8, 4) is 17.6 Å². The number of amides is 5. The van der Waals surface area contributed by atoms with Crippen molar-refractivity contribution >= 4 is 62.6 Å². The number of hydrogen-bond donors (Lipinski definition) is 6. The van der Waals surface area contributed by atoms with Gasteiger partial charge in [0.15, 0.2) is 11.9 Å². The molecular weight excluding hydrogens is 1180 g/mol. The number of alkyl carbamates (subject to hydrolysis) is 1. The smallest absolute Gasteiger partial charge is 0.408 e. The van der Waals surface area contributed by atoms with Crippen LogP contribution in [0.25, 0.3) is 10.4 Å². The number of ether oxygens (including phenoxy) is 4. The van der Waals surface area contributed by atoms with E-state index in [4.69, 9.17) is 24.5 Å². The monoisotopic (exact) mass is 1270 g/mol. The number of allylic oxidation sites excluding steroid dienone is 4. The number of fused-ring (bicyclic) bond motifs is 2. The largest absolute Gasteiger partial charge is 0.491 e. The van der Waals surface area contributed by atoms with Gasteiger partial charge in [0.25, 0.3) is 16.0 Å². The average Bonchev–Trinajstić information content (AvgIpc) is 1.60. The van der Waals surface area contributed by atoms with E-state index in [2.05, 4.69) is 120 Å². The zero-order chi connectivity index (χ0) is 66.4. The Labute approximate surface area is 535 Å². The molecule has 488 valence electrons. The van der Waals surface area contributed by atoms with Crippen molar-refractivity contribution in [1.82, 2.24) is 26.6 Å². The fourth-order valence-corrected chi connectivity index (χ4v) is 11.0. The first-order valence-electron chi connectivity index (χ1n) is 30.7. The molecule has 2 heterocycles. The van der Waals surface area contributed by atoms with Crippen molar-refractivity contribution in [1.29, 1.82) is 0 Å². The Hall–Kier alpha value is -8.52. The predicted molar refractivity (Wildman–Crippen MR) is 350 cm³/mol. The molecule has 0 aliphatic carbocycles. The summed E-state index contributed by atoms with van der Waals surface area (Å²) < 4.78 is 59.0. The summed E-state index contributed by atoms with van der Waals surface area (Å²) in [7, 11) is -4.46. The molecule has 2 unspecified atom stereocenters. The van der Waals surface area contributed by atoms with E-state index in [0.717, 1.165) is 46.9 Å². The minimum atomic E-state index is -4.46. The molecule has 0 spiro atoms. The lowest BCUT2D eigenvalue weighted by molar-refractivity contribution is -0.438. The van der Waals surface area contributed by atoms with E-state index >= 15 is 0 Å². The van der Waals surface area contributed by atoms with Crippen LogP contribution in [0.2, 0.25) is 0 Å². The van der Waals surface area contributed by atoms with Gasteiger partial charge in [-0.3, -0.25) is 23.7 Å². The van der Waals surface area contributed by atoms with Crippen LogP contribution >= 0.6 is 0 Å².